The lowest BCUT2D eigenvalue weighted by molar-refractivity contribution is -0.111. The van der Waals surface area contributed by atoms with E-state index in [2.05, 4.69) is 10.1 Å². The molecule has 2 aromatic rings. The van der Waals surface area contributed by atoms with Crippen LogP contribution in [0.5, 0.6) is 23.0 Å². The summed E-state index contributed by atoms with van der Waals surface area (Å²) in [7, 11) is 2.84. The van der Waals surface area contributed by atoms with Gasteiger partial charge in [0.05, 0.1) is 20.8 Å². The molecule has 0 aliphatic carbocycles. The molecule has 0 unspecified atom stereocenters. The third-order valence-electron chi connectivity index (χ3n) is 3.58. The number of nitrogens with one attached hydrogen (secondary N) is 1. The molecule has 2 rings (SSSR count). The Bertz CT molecular complexity index is 839. The largest absolute Gasteiger partial charge is 0.493 e. The van der Waals surface area contributed by atoms with Crippen molar-refractivity contribution in [1.29, 1.82) is 0 Å². The molecule has 0 heterocycles. The van der Waals surface area contributed by atoms with Gasteiger partial charge in [-0.05, 0) is 31.2 Å². The minimum atomic E-state index is -3.02. The van der Waals surface area contributed by atoms with Gasteiger partial charge in [0.25, 0.3) is 0 Å². The van der Waals surface area contributed by atoms with Crippen LogP contribution in [0.25, 0.3) is 6.08 Å². The number of carbonyl (C=O) groups is 1. The summed E-state index contributed by atoms with van der Waals surface area (Å²) in [5.74, 6) is 0.565. The molecule has 0 aromatic heterocycles. The molecule has 6 nitrogen and oxygen atoms in total. The molecular formula is C20H21F2NO5. The van der Waals surface area contributed by atoms with E-state index >= 15 is 0 Å². The van der Waals surface area contributed by atoms with E-state index in [4.69, 9.17) is 14.2 Å². The standard InChI is InChI=1S/C20H21F2NO5/c1-4-27-15-10-9-14(12-17(15)26-3)23-18(24)11-8-13-6-5-7-16(25-2)19(13)28-20(21)22/h5-12,20H,4H2,1-3H3,(H,23,24)/b11-8+. The van der Waals surface area contributed by atoms with Gasteiger partial charge in [0.2, 0.25) is 5.91 Å². The van der Waals surface area contributed by atoms with Crippen LogP contribution in [0.4, 0.5) is 14.5 Å². The highest BCUT2D eigenvalue weighted by molar-refractivity contribution is 6.02. The normalized spacial score (nSPS) is 10.8. The molecule has 0 bridgehead atoms. The fourth-order valence-electron chi connectivity index (χ4n) is 2.41. The van der Waals surface area contributed by atoms with E-state index in [1.54, 1.807) is 24.3 Å². The number of rotatable bonds is 9. The topological polar surface area (TPSA) is 66.0 Å². The monoisotopic (exact) mass is 393 g/mol. The number of hydrogen-bond acceptors (Lipinski definition) is 5. The van der Waals surface area contributed by atoms with E-state index in [0.29, 0.717) is 23.8 Å². The van der Waals surface area contributed by atoms with Crippen molar-refractivity contribution >= 4 is 17.7 Å². The number of hydrogen-bond donors (Lipinski definition) is 1. The Balaban J connectivity index is 2.16. The lowest BCUT2D eigenvalue weighted by Gasteiger charge is -2.12. The van der Waals surface area contributed by atoms with E-state index in [0.717, 1.165) is 0 Å². The molecule has 0 saturated carbocycles. The van der Waals surface area contributed by atoms with Gasteiger partial charge in [-0.25, -0.2) is 0 Å². The molecule has 0 spiro atoms. The zero-order valence-electron chi connectivity index (χ0n) is 15.7. The Morgan fingerprint density at radius 2 is 1.86 bits per heavy atom. The van der Waals surface area contributed by atoms with Gasteiger partial charge < -0.3 is 24.3 Å². The third-order valence-corrected chi connectivity index (χ3v) is 3.58. The summed E-state index contributed by atoms with van der Waals surface area (Å²) in [5.41, 5.74) is 0.767. The van der Waals surface area contributed by atoms with E-state index < -0.39 is 12.5 Å². The van der Waals surface area contributed by atoms with Gasteiger partial charge in [-0.15, -0.1) is 0 Å². The smallest absolute Gasteiger partial charge is 0.387 e. The third kappa shape index (κ3) is 5.60. The minimum Gasteiger partial charge on any atom is -0.493 e. The van der Waals surface area contributed by atoms with Crippen LogP contribution in [0, 0.1) is 0 Å². The molecule has 0 saturated heterocycles. The van der Waals surface area contributed by atoms with Crippen LogP contribution in [0.2, 0.25) is 0 Å². The molecule has 0 atom stereocenters. The van der Waals surface area contributed by atoms with E-state index in [9.17, 15) is 13.6 Å². The predicted octanol–water partition coefficient (Wildman–Crippen LogP) is 4.36. The first kappa shape index (κ1) is 21.0. The fraction of sp³-hybridized carbons (Fsp3) is 0.250. The van der Waals surface area contributed by atoms with Gasteiger partial charge in [-0.2, -0.15) is 8.78 Å². The number of methoxy groups -OCH3 is 2. The Hall–Kier alpha value is -3.29. The van der Waals surface area contributed by atoms with Crippen molar-refractivity contribution in [2.45, 2.75) is 13.5 Å². The predicted molar refractivity (Wildman–Crippen MR) is 101 cm³/mol. The quantitative estimate of drug-likeness (QED) is 0.642. The number of benzene rings is 2. The number of anilines is 1. The molecule has 1 amide bonds. The molecule has 1 N–H and O–H groups in total. The second-order valence-corrected chi connectivity index (χ2v) is 5.38. The van der Waals surface area contributed by atoms with Gasteiger partial charge in [-0.3, -0.25) is 4.79 Å². The molecule has 0 aliphatic heterocycles. The maximum atomic E-state index is 12.7. The summed E-state index contributed by atoms with van der Waals surface area (Å²) >= 11 is 0. The van der Waals surface area contributed by atoms with Gasteiger partial charge in [-0.1, -0.05) is 12.1 Å². The van der Waals surface area contributed by atoms with Crippen molar-refractivity contribution in [3.63, 3.8) is 0 Å². The molecule has 2 aromatic carbocycles. The van der Waals surface area contributed by atoms with Crippen molar-refractivity contribution in [2.24, 2.45) is 0 Å². The second kappa shape index (κ2) is 10.1. The maximum absolute atomic E-state index is 12.7. The van der Waals surface area contributed by atoms with Crippen LogP contribution in [-0.4, -0.2) is 33.3 Å². The highest BCUT2D eigenvalue weighted by atomic mass is 19.3. The summed E-state index contributed by atoms with van der Waals surface area (Å²) in [6.45, 7) is -0.688. The second-order valence-electron chi connectivity index (χ2n) is 5.38. The molecular weight excluding hydrogens is 372 g/mol. The first-order valence-electron chi connectivity index (χ1n) is 8.40. The molecule has 150 valence electrons. The van der Waals surface area contributed by atoms with Gasteiger partial charge >= 0.3 is 6.61 Å². The average molecular weight is 393 g/mol. The molecule has 8 heteroatoms. The van der Waals surface area contributed by atoms with Crippen molar-refractivity contribution in [2.75, 3.05) is 26.1 Å². The van der Waals surface area contributed by atoms with Crippen LogP contribution < -0.4 is 24.3 Å². The number of alkyl halides is 2. The zero-order valence-corrected chi connectivity index (χ0v) is 15.7. The van der Waals surface area contributed by atoms with Crippen molar-refractivity contribution in [1.82, 2.24) is 0 Å². The highest BCUT2D eigenvalue weighted by Crippen LogP contribution is 2.33. The SMILES string of the molecule is CCOc1ccc(NC(=O)/C=C/c2cccc(OC)c2OC(F)F)cc1OC. The lowest BCUT2D eigenvalue weighted by atomic mass is 10.1. The molecule has 0 fully saturated rings. The number of ether oxygens (including phenoxy) is 4. The Morgan fingerprint density at radius 3 is 2.50 bits per heavy atom. The van der Waals surface area contributed by atoms with Crippen LogP contribution >= 0.6 is 0 Å². The first-order chi connectivity index (χ1) is 13.5. The van der Waals surface area contributed by atoms with Gasteiger partial charge in [0.15, 0.2) is 23.0 Å². The maximum Gasteiger partial charge on any atom is 0.387 e. The molecule has 0 radical (unpaired) electrons. The summed E-state index contributed by atoms with van der Waals surface area (Å²) in [4.78, 5) is 12.2. The van der Waals surface area contributed by atoms with E-state index in [-0.39, 0.29) is 17.1 Å². The zero-order chi connectivity index (χ0) is 20.5. The number of carbonyl (C=O) groups excluding carboxylic acids is 1. The van der Waals surface area contributed by atoms with E-state index in [1.165, 1.54) is 38.5 Å². The van der Waals surface area contributed by atoms with Crippen LogP contribution in [0.15, 0.2) is 42.5 Å². The summed E-state index contributed by atoms with van der Waals surface area (Å²) in [5, 5.41) is 2.66. The number of amides is 1. The average Bonchev–Trinajstić information content (AvgIpc) is 2.68. The van der Waals surface area contributed by atoms with Gasteiger partial charge in [0.1, 0.15) is 0 Å². The van der Waals surface area contributed by atoms with Crippen LogP contribution in [0.1, 0.15) is 12.5 Å². The highest BCUT2D eigenvalue weighted by Gasteiger charge is 2.14. The summed E-state index contributed by atoms with van der Waals surface area (Å²) < 4.78 is 45.5. The van der Waals surface area contributed by atoms with E-state index in [1.807, 2.05) is 6.92 Å². The van der Waals surface area contributed by atoms with Crippen molar-refractivity contribution in [3.8, 4) is 23.0 Å². The van der Waals surface area contributed by atoms with Crippen LogP contribution in [-0.2, 0) is 4.79 Å². The molecule has 0 aliphatic rings. The van der Waals surface area contributed by atoms with Crippen molar-refractivity contribution < 1.29 is 32.5 Å². The van der Waals surface area contributed by atoms with Crippen LogP contribution in [0.3, 0.4) is 0 Å². The minimum absolute atomic E-state index is 0.138. The summed E-state index contributed by atoms with van der Waals surface area (Å²) in [6.07, 6.45) is 2.57. The van der Waals surface area contributed by atoms with Gasteiger partial charge in [0, 0.05) is 23.4 Å². The number of para-hydroxylation sites is 1. The Morgan fingerprint density at radius 1 is 1.11 bits per heavy atom. The fourth-order valence-corrected chi connectivity index (χ4v) is 2.41. The Kier molecular flexibility index (Phi) is 7.62. The number of halogens is 2. The first-order valence-corrected chi connectivity index (χ1v) is 8.40. The Labute approximate surface area is 161 Å². The van der Waals surface area contributed by atoms with Crippen molar-refractivity contribution in [3.05, 3.63) is 48.0 Å². The summed E-state index contributed by atoms with van der Waals surface area (Å²) in [6, 6.07) is 9.58. The molecule has 28 heavy (non-hydrogen) atoms. The lowest BCUT2D eigenvalue weighted by Crippen LogP contribution is -2.08.